The van der Waals surface area contributed by atoms with E-state index in [1.165, 1.54) is 0 Å². The summed E-state index contributed by atoms with van der Waals surface area (Å²) in [5.41, 5.74) is 2.12. The Morgan fingerprint density at radius 2 is 2.22 bits per heavy atom. The molecular formula is C20H28N6O. The lowest BCUT2D eigenvalue weighted by Crippen LogP contribution is -2.42. The average Bonchev–Trinajstić information content (AvgIpc) is 3.26. The van der Waals surface area contributed by atoms with Gasteiger partial charge in [0.25, 0.3) is 0 Å². The zero-order chi connectivity index (χ0) is 19.6. The van der Waals surface area contributed by atoms with Crippen molar-refractivity contribution >= 4 is 22.8 Å². The van der Waals surface area contributed by atoms with Crippen molar-refractivity contribution in [3.63, 3.8) is 0 Å². The van der Waals surface area contributed by atoms with E-state index in [4.69, 9.17) is 0 Å². The predicted octanol–water partition coefficient (Wildman–Crippen LogP) is 3.31. The van der Waals surface area contributed by atoms with Gasteiger partial charge < -0.3 is 20.5 Å². The average molecular weight is 368 g/mol. The number of aromatic amines is 1. The van der Waals surface area contributed by atoms with Crippen LogP contribution in [0, 0.1) is 22.7 Å². The molecule has 3 heterocycles. The fraction of sp³-hybridized carbons (Fsp3) is 0.550. The highest BCUT2D eigenvalue weighted by Gasteiger charge is 2.35. The van der Waals surface area contributed by atoms with Crippen molar-refractivity contribution in [1.82, 2.24) is 20.2 Å². The third kappa shape index (κ3) is 4.16. The van der Waals surface area contributed by atoms with Gasteiger partial charge in [-0.25, -0.2) is 9.78 Å². The van der Waals surface area contributed by atoms with Crippen molar-refractivity contribution in [3.05, 3.63) is 24.0 Å². The van der Waals surface area contributed by atoms with Gasteiger partial charge in [0.05, 0.1) is 11.3 Å². The number of anilines is 1. The van der Waals surface area contributed by atoms with E-state index in [0.717, 1.165) is 23.1 Å². The molecule has 2 aromatic rings. The molecule has 1 fully saturated rings. The van der Waals surface area contributed by atoms with Gasteiger partial charge in [0, 0.05) is 43.5 Å². The first kappa shape index (κ1) is 19.0. The largest absolute Gasteiger partial charge is 0.378 e. The lowest BCUT2D eigenvalue weighted by atomic mass is 9.97. The van der Waals surface area contributed by atoms with E-state index in [9.17, 15) is 10.1 Å². The maximum atomic E-state index is 12.6. The number of fused-ring (bicyclic) bond motifs is 1. The van der Waals surface area contributed by atoms with E-state index in [2.05, 4.69) is 54.4 Å². The minimum absolute atomic E-state index is 0.0188. The number of pyridine rings is 1. The molecule has 2 atom stereocenters. The normalized spacial score (nSPS) is 19.9. The maximum absolute atomic E-state index is 12.6. The molecule has 7 nitrogen and oxygen atoms in total. The van der Waals surface area contributed by atoms with Crippen LogP contribution < -0.4 is 10.6 Å². The van der Waals surface area contributed by atoms with Crippen molar-refractivity contribution in [1.29, 1.82) is 5.26 Å². The number of hydrogen-bond donors (Lipinski definition) is 3. The number of nitriles is 1. The summed E-state index contributed by atoms with van der Waals surface area (Å²) in [6.45, 7) is 10.4. The molecule has 0 aliphatic carbocycles. The first-order chi connectivity index (χ1) is 12.8. The van der Waals surface area contributed by atoms with Crippen LogP contribution in [0.5, 0.6) is 0 Å². The number of rotatable bonds is 4. The molecule has 3 rings (SSSR count). The number of amides is 2. The smallest absolute Gasteiger partial charge is 0.317 e. The summed E-state index contributed by atoms with van der Waals surface area (Å²) in [4.78, 5) is 21.8. The van der Waals surface area contributed by atoms with E-state index in [1.807, 2.05) is 17.2 Å². The van der Waals surface area contributed by atoms with Crippen LogP contribution in [0.25, 0.3) is 11.0 Å². The zero-order valence-electron chi connectivity index (χ0n) is 16.5. The summed E-state index contributed by atoms with van der Waals surface area (Å²) < 4.78 is 0. The second-order valence-electron chi connectivity index (χ2n) is 8.44. The van der Waals surface area contributed by atoms with Crippen LogP contribution in [0.15, 0.2) is 18.5 Å². The number of nitrogens with zero attached hydrogens (tertiary/aromatic N) is 3. The van der Waals surface area contributed by atoms with Gasteiger partial charge in [-0.15, -0.1) is 0 Å². The first-order valence-corrected chi connectivity index (χ1v) is 9.48. The molecule has 0 saturated carbocycles. The zero-order valence-corrected chi connectivity index (χ0v) is 16.5. The first-order valence-electron chi connectivity index (χ1n) is 9.48. The highest BCUT2D eigenvalue weighted by atomic mass is 16.2. The standard InChI is InChI=1S/C20H28N6O/c1-5-13-10-26(19(27)24-12-20(2,3)4)11-16(13)25-17-14(8-21)9-23-18-15(17)6-7-22-18/h6-7,9,13,16H,5,10-12H2,1-4H3,(H,24,27)(H2,22,23,25)/t13-,16+/m0/s1. The third-order valence-electron chi connectivity index (χ3n) is 5.06. The molecule has 0 radical (unpaired) electrons. The monoisotopic (exact) mass is 368 g/mol. The highest BCUT2D eigenvalue weighted by molar-refractivity contribution is 5.92. The van der Waals surface area contributed by atoms with Crippen LogP contribution in [0.3, 0.4) is 0 Å². The Bertz CT molecular complexity index is 859. The topological polar surface area (TPSA) is 96.8 Å². The van der Waals surface area contributed by atoms with Gasteiger partial charge in [-0.1, -0.05) is 27.7 Å². The predicted molar refractivity (Wildman–Crippen MR) is 106 cm³/mol. The Hall–Kier alpha value is -2.75. The van der Waals surface area contributed by atoms with Crippen LogP contribution in [0.1, 0.15) is 39.7 Å². The fourth-order valence-electron chi connectivity index (χ4n) is 3.50. The Morgan fingerprint density at radius 1 is 1.44 bits per heavy atom. The number of likely N-dealkylation sites (tertiary alicyclic amines) is 1. The van der Waals surface area contributed by atoms with Crippen molar-refractivity contribution in [2.24, 2.45) is 11.3 Å². The molecule has 7 heteroatoms. The lowest BCUT2D eigenvalue weighted by Gasteiger charge is -2.23. The summed E-state index contributed by atoms with van der Waals surface area (Å²) >= 11 is 0. The van der Waals surface area contributed by atoms with E-state index in [0.29, 0.717) is 31.1 Å². The Balaban J connectivity index is 1.76. The molecule has 0 aromatic carbocycles. The van der Waals surface area contributed by atoms with Gasteiger partial charge in [0.2, 0.25) is 0 Å². The van der Waals surface area contributed by atoms with Crippen molar-refractivity contribution < 1.29 is 4.79 Å². The number of hydrogen-bond acceptors (Lipinski definition) is 4. The fourth-order valence-corrected chi connectivity index (χ4v) is 3.50. The molecule has 2 aromatic heterocycles. The number of nitrogens with one attached hydrogen (secondary N) is 3. The van der Waals surface area contributed by atoms with Gasteiger partial charge in [0.1, 0.15) is 11.7 Å². The van der Waals surface area contributed by atoms with Crippen molar-refractivity contribution in [2.75, 3.05) is 25.0 Å². The van der Waals surface area contributed by atoms with E-state index in [-0.39, 0.29) is 17.5 Å². The van der Waals surface area contributed by atoms with Crippen LogP contribution in [0.4, 0.5) is 10.5 Å². The quantitative estimate of drug-likeness (QED) is 0.771. The summed E-state index contributed by atoms with van der Waals surface area (Å²) in [6.07, 6.45) is 4.37. The molecule has 144 valence electrons. The van der Waals surface area contributed by atoms with Crippen molar-refractivity contribution in [3.8, 4) is 6.07 Å². The lowest BCUT2D eigenvalue weighted by molar-refractivity contribution is 0.201. The number of carbonyl (C=O) groups excluding carboxylic acids is 1. The van der Waals surface area contributed by atoms with Gasteiger partial charge in [-0.2, -0.15) is 5.26 Å². The number of aromatic nitrogens is 2. The minimum atomic E-state index is -0.0188. The Morgan fingerprint density at radius 3 is 2.89 bits per heavy atom. The molecule has 0 spiro atoms. The number of carbonyl (C=O) groups is 1. The molecule has 3 N–H and O–H groups in total. The molecule has 27 heavy (non-hydrogen) atoms. The molecule has 1 saturated heterocycles. The molecule has 0 unspecified atom stereocenters. The maximum Gasteiger partial charge on any atom is 0.317 e. The molecule has 1 aliphatic rings. The second-order valence-corrected chi connectivity index (χ2v) is 8.44. The summed E-state index contributed by atoms with van der Waals surface area (Å²) in [5.74, 6) is 0.332. The van der Waals surface area contributed by atoms with Crippen molar-refractivity contribution in [2.45, 2.75) is 40.2 Å². The second kappa shape index (κ2) is 7.47. The molecule has 2 amide bonds. The molecule has 1 aliphatic heterocycles. The van der Waals surface area contributed by atoms with Gasteiger partial charge >= 0.3 is 6.03 Å². The SMILES string of the molecule is CC[C@H]1CN(C(=O)NCC(C)(C)C)C[C@H]1Nc1c(C#N)cnc2[nH]ccc12. The van der Waals surface area contributed by atoms with Gasteiger partial charge in [-0.3, -0.25) is 0 Å². The Labute approximate surface area is 160 Å². The van der Waals surface area contributed by atoms with Crippen LogP contribution in [-0.4, -0.2) is 46.6 Å². The molecule has 0 bridgehead atoms. The van der Waals surface area contributed by atoms with E-state index in [1.54, 1.807) is 6.20 Å². The highest BCUT2D eigenvalue weighted by Crippen LogP contribution is 2.30. The van der Waals surface area contributed by atoms with Crippen LogP contribution >= 0.6 is 0 Å². The summed E-state index contributed by atoms with van der Waals surface area (Å²) in [6, 6.07) is 4.23. The van der Waals surface area contributed by atoms with Crippen LogP contribution in [-0.2, 0) is 0 Å². The van der Waals surface area contributed by atoms with E-state index < -0.39 is 0 Å². The Kier molecular flexibility index (Phi) is 5.26. The summed E-state index contributed by atoms with van der Waals surface area (Å²) in [5, 5.41) is 17.0. The van der Waals surface area contributed by atoms with Gasteiger partial charge in [0.15, 0.2) is 0 Å². The number of H-pyrrole nitrogens is 1. The van der Waals surface area contributed by atoms with E-state index >= 15 is 0 Å². The minimum Gasteiger partial charge on any atom is -0.378 e. The third-order valence-corrected chi connectivity index (χ3v) is 5.06. The van der Waals surface area contributed by atoms with Crippen LogP contribution in [0.2, 0.25) is 0 Å². The summed E-state index contributed by atoms with van der Waals surface area (Å²) in [7, 11) is 0. The number of urea groups is 1. The molecular weight excluding hydrogens is 340 g/mol. The van der Waals surface area contributed by atoms with Gasteiger partial charge in [-0.05, 0) is 23.8 Å².